The number of amides is 1. The quantitative estimate of drug-likeness (QED) is 0.468. The Morgan fingerprint density at radius 1 is 1.25 bits per heavy atom. The van der Waals surface area contributed by atoms with Crippen LogP contribution < -0.4 is 10.2 Å². The van der Waals surface area contributed by atoms with Gasteiger partial charge in [-0.25, -0.2) is 9.37 Å². The molecule has 1 fully saturated rings. The van der Waals surface area contributed by atoms with E-state index in [0.29, 0.717) is 43.4 Å². The molecule has 0 spiro atoms. The summed E-state index contributed by atoms with van der Waals surface area (Å²) in [5, 5.41) is 14.6. The molecule has 0 radical (unpaired) electrons. The van der Waals surface area contributed by atoms with E-state index in [1.807, 2.05) is 4.90 Å². The van der Waals surface area contributed by atoms with Gasteiger partial charge in [-0.1, -0.05) is 12.1 Å². The molecule has 0 bridgehead atoms. The number of aromatic nitrogens is 2. The Balaban J connectivity index is 1.65. The summed E-state index contributed by atoms with van der Waals surface area (Å²) in [5.41, 5.74) is 0.927. The standard InChI is InChI=1S/C22H22FN5O4/c1-26-8-7-24-21(26)20(15-3-2-4-17(23)13-15)25-22(29)16-5-6-18(19(14-16)28(30)31)27-9-11-32-12-10-27/h2-8,13-14,20H,9-12H2,1H3,(H,25,29)/t20-/m1/s1. The lowest BCUT2D eigenvalue weighted by Gasteiger charge is -2.28. The third-order valence-electron chi connectivity index (χ3n) is 5.36. The average molecular weight is 439 g/mol. The van der Waals surface area contributed by atoms with Crippen LogP contribution in [0, 0.1) is 15.9 Å². The van der Waals surface area contributed by atoms with Gasteiger partial charge in [0.05, 0.1) is 18.1 Å². The van der Waals surface area contributed by atoms with Gasteiger partial charge in [0.2, 0.25) is 0 Å². The van der Waals surface area contributed by atoms with Crippen LogP contribution in [0.3, 0.4) is 0 Å². The number of halogens is 1. The third kappa shape index (κ3) is 4.45. The molecule has 2 heterocycles. The number of nitro benzene ring substituents is 1. The molecule has 1 atom stereocenters. The predicted molar refractivity (Wildman–Crippen MR) is 115 cm³/mol. The largest absolute Gasteiger partial charge is 0.378 e. The number of benzene rings is 2. The number of anilines is 1. The number of ether oxygens (including phenoxy) is 1. The van der Waals surface area contributed by atoms with E-state index in [4.69, 9.17) is 4.74 Å². The van der Waals surface area contributed by atoms with E-state index in [9.17, 15) is 19.3 Å². The van der Waals surface area contributed by atoms with Crippen LogP contribution in [0.4, 0.5) is 15.8 Å². The van der Waals surface area contributed by atoms with Gasteiger partial charge >= 0.3 is 0 Å². The zero-order valence-corrected chi connectivity index (χ0v) is 17.4. The van der Waals surface area contributed by atoms with Crippen molar-refractivity contribution in [1.82, 2.24) is 14.9 Å². The molecule has 1 amide bonds. The Kier molecular flexibility index (Phi) is 6.13. The zero-order valence-electron chi connectivity index (χ0n) is 17.4. The molecule has 3 aromatic rings. The number of imidazole rings is 1. The van der Waals surface area contributed by atoms with Gasteiger partial charge in [-0.3, -0.25) is 14.9 Å². The third-order valence-corrected chi connectivity index (χ3v) is 5.36. The molecule has 1 N–H and O–H groups in total. The highest BCUT2D eigenvalue weighted by Gasteiger charge is 2.26. The molecule has 9 nitrogen and oxygen atoms in total. The first-order valence-electron chi connectivity index (χ1n) is 10.1. The van der Waals surface area contributed by atoms with Crippen LogP contribution in [0.1, 0.15) is 27.8 Å². The van der Waals surface area contributed by atoms with E-state index in [0.717, 1.165) is 0 Å². The van der Waals surface area contributed by atoms with Crippen LogP contribution >= 0.6 is 0 Å². The smallest absolute Gasteiger partial charge is 0.293 e. The van der Waals surface area contributed by atoms with Crippen LogP contribution in [0.2, 0.25) is 0 Å². The fraction of sp³-hybridized carbons (Fsp3) is 0.273. The van der Waals surface area contributed by atoms with Crippen LogP contribution in [0.5, 0.6) is 0 Å². The van der Waals surface area contributed by atoms with Crippen molar-refractivity contribution in [2.24, 2.45) is 7.05 Å². The molecule has 1 aliphatic rings. The van der Waals surface area contributed by atoms with Crippen molar-refractivity contribution in [3.63, 3.8) is 0 Å². The number of aryl methyl sites for hydroxylation is 1. The van der Waals surface area contributed by atoms with Crippen molar-refractivity contribution < 1.29 is 18.8 Å². The monoisotopic (exact) mass is 439 g/mol. The second-order valence-electron chi connectivity index (χ2n) is 7.42. The second-order valence-corrected chi connectivity index (χ2v) is 7.42. The van der Waals surface area contributed by atoms with Gasteiger partial charge in [-0.2, -0.15) is 0 Å². The van der Waals surface area contributed by atoms with Crippen LogP contribution in [-0.4, -0.2) is 46.7 Å². The van der Waals surface area contributed by atoms with Gasteiger partial charge in [0.15, 0.2) is 0 Å². The summed E-state index contributed by atoms with van der Waals surface area (Å²) < 4.78 is 20.9. The van der Waals surface area contributed by atoms with E-state index in [1.54, 1.807) is 48.3 Å². The topological polar surface area (TPSA) is 103 Å². The Labute approximate surface area is 183 Å². The van der Waals surface area contributed by atoms with Crippen LogP contribution in [-0.2, 0) is 11.8 Å². The Hall–Kier alpha value is -3.79. The number of nitrogens with one attached hydrogen (secondary N) is 1. The number of hydrogen-bond donors (Lipinski definition) is 1. The molecule has 4 rings (SSSR count). The molecule has 1 saturated heterocycles. The SMILES string of the molecule is Cn1ccnc1[C@H](NC(=O)c1ccc(N2CCOCC2)c([N+](=O)[O-])c1)c1cccc(F)c1. The maximum absolute atomic E-state index is 13.9. The number of morpholine rings is 1. The van der Waals surface area contributed by atoms with Crippen molar-refractivity contribution in [3.8, 4) is 0 Å². The number of carbonyl (C=O) groups excluding carboxylic acids is 1. The summed E-state index contributed by atoms with van der Waals surface area (Å²) in [6.45, 7) is 2.04. The van der Waals surface area contributed by atoms with E-state index in [-0.39, 0.29) is 11.3 Å². The summed E-state index contributed by atoms with van der Waals surface area (Å²) in [7, 11) is 1.77. The minimum atomic E-state index is -0.740. The summed E-state index contributed by atoms with van der Waals surface area (Å²) >= 11 is 0. The minimum absolute atomic E-state index is 0.129. The van der Waals surface area contributed by atoms with Gasteiger partial charge in [0.25, 0.3) is 11.6 Å². The molecule has 0 unspecified atom stereocenters. The highest BCUT2D eigenvalue weighted by molar-refractivity contribution is 5.96. The van der Waals surface area contributed by atoms with Gasteiger partial charge in [-0.15, -0.1) is 0 Å². The number of hydrogen-bond acceptors (Lipinski definition) is 6. The second kappa shape index (κ2) is 9.15. The van der Waals surface area contributed by atoms with Gasteiger partial charge < -0.3 is 19.5 Å². The van der Waals surface area contributed by atoms with Crippen molar-refractivity contribution in [3.05, 3.63) is 87.7 Å². The summed E-state index contributed by atoms with van der Waals surface area (Å²) in [4.78, 5) is 30.5. The van der Waals surface area contributed by atoms with E-state index in [2.05, 4.69) is 10.3 Å². The summed E-state index contributed by atoms with van der Waals surface area (Å²) in [6.07, 6.45) is 3.30. The lowest BCUT2D eigenvalue weighted by molar-refractivity contribution is -0.384. The minimum Gasteiger partial charge on any atom is -0.378 e. The molecular formula is C22H22FN5O4. The molecule has 1 aromatic heterocycles. The first-order valence-corrected chi connectivity index (χ1v) is 10.1. The summed E-state index contributed by atoms with van der Waals surface area (Å²) in [6, 6.07) is 9.53. The molecule has 166 valence electrons. The van der Waals surface area contributed by atoms with E-state index >= 15 is 0 Å². The molecule has 10 heteroatoms. The number of rotatable bonds is 6. The zero-order chi connectivity index (χ0) is 22.7. The average Bonchev–Trinajstić information content (AvgIpc) is 3.23. The van der Waals surface area contributed by atoms with Gasteiger partial charge in [0, 0.05) is 44.2 Å². The van der Waals surface area contributed by atoms with E-state index < -0.39 is 22.7 Å². The van der Waals surface area contributed by atoms with Crippen LogP contribution in [0.15, 0.2) is 54.9 Å². The number of nitro groups is 1. The maximum Gasteiger partial charge on any atom is 0.293 e. The van der Waals surface area contributed by atoms with Crippen molar-refractivity contribution in [2.75, 3.05) is 31.2 Å². The fourth-order valence-electron chi connectivity index (χ4n) is 3.74. The van der Waals surface area contributed by atoms with Gasteiger partial charge in [0.1, 0.15) is 23.4 Å². The van der Waals surface area contributed by atoms with Crippen molar-refractivity contribution in [2.45, 2.75) is 6.04 Å². The molecular weight excluding hydrogens is 417 g/mol. The number of nitrogens with zero attached hydrogens (tertiary/aromatic N) is 4. The van der Waals surface area contributed by atoms with Crippen LogP contribution in [0.25, 0.3) is 0 Å². The lowest BCUT2D eigenvalue weighted by Crippen LogP contribution is -2.36. The molecule has 0 saturated carbocycles. The fourth-order valence-corrected chi connectivity index (χ4v) is 3.74. The molecule has 2 aromatic carbocycles. The Morgan fingerprint density at radius 3 is 2.69 bits per heavy atom. The lowest BCUT2D eigenvalue weighted by atomic mass is 10.0. The molecule has 1 aliphatic heterocycles. The normalized spacial score (nSPS) is 14.8. The number of carbonyl (C=O) groups is 1. The van der Waals surface area contributed by atoms with Crippen molar-refractivity contribution in [1.29, 1.82) is 0 Å². The predicted octanol–water partition coefficient (Wildman–Crippen LogP) is 2.82. The first kappa shape index (κ1) is 21.4. The highest BCUT2D eigenvalue weighted by Crippen LogP contribution is 2.30. The molecule has 0 aliphatic carbocycles. The Bertz CT molecular complexity index is 1140. The van der Waals surface area contributed by atoms with E-state index in [1.165, 1.54) is 18.2 Å². The van der Waals surface area contributed by atoms with Crippen molar-refractivity contribution >= 4 is 17.3 Å². The van der Waals surface area contributed by atoms with Gasteiger partial charge in [-0.05, 0) is 29.8 Å². The maximum atomic E-state index is 13.9. The first-order chi connectivity index (χ1) is 15.4. The Morgan fingerprint density at radius 2 is 2.03 bits per heavy atom. The molecule has 32 heavy (non-hydrogen) atoms. The summed E-state index contributed by atoms with van der Waals surface area (Å²) in [5.74, 6) is -0.469. The highest BCUT2D eigenvalue weighted by atomic mass is 19.1.